The van der Waals surface area contributed by atoms with E-state index in [0.717, 1.165) is 5.56 Å². The van der Waals surface area contributed by atoms with Crippen molar-refractivity contribution in [3.63, 3.8) is 0 Å². The Bertz CT molecular complexity index is 637. The summed E-state index contributed by atoms with van der Waals surface area (Å²) in [6, 6.07) is 5.38. The van der Waals surface area contributed by atoms with Gasteiger partial charge in [-0.3, -0.25) is 19.3 Å². The molecule has 5 nitrogen and oxygen atoms in total. The van der Waals surface area contributed by atoms with Gasteiger partial charge in [-0.1, -0.05) is 25.5 Å². The summed E-state index contributed by atoms with van der Waals surface area (Å²) in [7, 11) is 0. The molecule has 0 spiro atoms. The predicted molar refractivity (Wildman–Crippen MR) is 88.2 cm³/mol. The molecule has 0 aliphatic carbocycles. The summed E-state index contributed by atoms with van der Waals surface area (Å²) in [5, 5.41) is 2.92. The highest BCUT2D eigenvalue weighted by Crippen LogP contribution is 2.24. The maximum Gasteiger partial charge on any atom is 0.261 e. The normalized spacial score (nSPS) is 15.1. The second kappa shape index (κ2) is 6.94. The zero-order valence-corrected chi connectivity index (χ0v) is 14.2. The summed E-state index contributed by atoms with van der Waals surface area (Å²) >= 11 is 0. The van der Waals surface area contributed by atoms with Crippen molar-refractivity contribution in [3.05, 3.63) is 34.9 Å². The van der Waals surface area contributed by atoms with Crippen LogP contribution in [0.3, 0.4) is 0 Å². The van der Waals surface area contributed by atoms with Gasteiger partial charge in [-0.15, -0.1) is 0 Å². The molecule has 2 rings (SSSR count). The lowest BCUT2D eigenvalue weighted by Crippen LogP contribution is -2.37. The smallest absolute Gasteiger partial charge is 0.261 e. The van der Waals surface area contributed by atoms with Crippen LogP contribution in [0.1, 0.15) is 59.9 Å². The van der Waals surface area contributed by atoms with Crippen molar-refractivity contribution in [2.75, 3.05) is 6.54 Å². The maximum atomic E-state index is 12.3. The Kier molecular flexibility index (Phi) is 5.19. The fraction of sp³-hybridized carbons (Fsp3) is 0.500. The van der Waals surface area contributed by atoms with Gasteiger partial charge in [0.2, 0.25) is 5.91 Å². The lowest BCUT2D eigenvalue weighted by molar-refractivity contribution is -0.122. The molecule has 0 bridgehead atoms. The van der Waals surface area contributed by atoms with Crippen molar-refractivity contribution in [1.82, 2.24) is 10.2 Å². The van der Waals surface area contributed by atoms with E-state index >= 15 is 0 Å². The number of fused-ring (bicyclic) bond motifs is 1. The summed E-state index contributed by atoms with van der Waals surface area (Å²) in [5.74, 6) is -0.192. The van der Waals surface area contributed by atoms with Crippen molar-refractivity contribution in [1.29, 1.82) is 0 Å². The standard InChI is InChI=1S/C18H24N2O3/c1-11(2)13(4)19-16(21)6-5-9-20-17(22)14-8-7-12(3)10-15(14)18(20)23/h7-8,10-11,13H,5-6,9H2,1-4H3,(H,19,21). The van der Waals surface area contributed by atoms with Crippen LogP contribution in [0.15, 0.2) is 18.2 Å². The first-order valence-corrected chi connectivity index (χ1v) is 8.07. The minimum Gasteiger partial charge on any atom is -0.353 e. The molecular weight excluding hydrogens is 292 g/mol. The van der Waals surface area contributed by atoms with E-state index in [-0.39, 0.29) is 30.3 Å². The van der Waals surface area contributed by atoms with Crippen LogP contribution < -0.4 is 5.32 Å². The molecule has 3 amide bonds. The molecule has 0 aromatic heterocycles. The Balaban J connectivity index is 1.89. The number of carbonyl (C=O) groups excluding carboxylic acids is 3. The van der Waals surface area contributed by atoms with E-state index in [4.69, 9.17) is 0 Å². The fourth-order valence-corrected chi connectivity index (χ4v) is 2.50. The lowest BCUT2D eigenvalue weighted by atomic mass is 10.1. The first-order chi connectivity index (χ1) is 10.8. The van der Waals surface area contributed by atoms with Gasteiger partial charge in [-0.2, -0.15) is 0 Å². The SMILES string of the molecule is Cc1ccc2c(c1)C(=O)N(CCCC(=O)NC(C)C(C)C)C2=O. The summed E-state index contributed by atoms with van der Waals surface area (Å²) in [6.07, 6.45) is 0.782. The average Bonchev–Trinajstić information content (AvgIpc) is 2.71. The van der Waals surface area contributed by atoms with E-state index < -0.39 is 0 Å². The van der Waals surface area contributed by atoms with Crippen LogP contribution in [0.4, 0.5) is 0 Å². The van der Waals surface area contributed by atoms with Crippen LogP contribution in [0.25, 0.3) is 0 Å². The van der Waals surface area contributed by atoms with Gasteiger partial charge < -0.3 is 5.32 Å². The summed E-state index contributed by atoms with van der Waals surface area (Å²) < 4.78 is 0. The maximum absolute atomic E-state index is 12.3. The molecule has 1 unspecified atom stereocenters. The number of carbonyl (C=O) groups is 3. The lowest BCUT2D eigenvalue weighted by Gasteiger charge is -2.18. The van der Waals surface area contributed by atoms with Crippen LogP contribution in [-0.4, -0.2) is 35.2 Å². The molecule has 1 aromatic carbocycles. The number of rotatable bonds is 6. The van der Waals surface area contributed by atoms with E-state index in [1.54, 1.807) is 12.1 Å². The summed E-state index contributed by atoms with van der Waals surface area (Å²) in [6.45, 7) is 8.22. The van der Waals surface area contributed by atoms with Gasteiger partial charge in [-0.05, 0) is 38.3 Å². The van der Waals surface area contributed by atoms with Gasteiger partial charge >= 0.3 is 0 Å². The third kappa shape index (κ3) is 3.78. The highest BCUT2D eigenvalue weighted by Gasteiger charge is 2.34. The van der Waals surface area contributed by atoms with Crippen molar-refractivity contribution in [2.45, 2.75) is 46.6 Å². The molecule has 124 valence electrons. The monoisotopic (exact) mass is 316 g/mol. The number of aryl methyl sites for hydroxylation is 1. The third-order valence-electron chi connectivity index (χ3n) is 4.30. The third-order valence-corrected chi connectivity index (χ3v) is 4.30. The zero-order chi connectivity index (χ0) is 17.1. The van der Waals surface area contributed by atoms with Gasteiger partial charge in [0.15, 0.2) is 0 Å². The minimum atomic E-state index is -0.263. The van der Waals surface area contributed by atoms with E-state index in [1.165, 1.54) is 4.90 Å². The Hall–Kier alpha value is -2.17. The fourth-order valence-electron chi connectivity index (χ4n) is 2.50. The van der Waals surface area contributed by atoms with E-state index in [9.17, 15) is 14.4 Å². The Morgan fingerprint density at radius 2 is 1.78 bits per heavy atom. The minimum absolute atomic E-state index is 0.0429. The summed E-state index contributed by atoms with van der Waals surface area (Å²) in [5.41, 5.74) is 1.88. The van der Waals surface area contributed by atoms with Crippen LogP contribution >= 0.6 is 0 Å². The number of imide groups is 1. The van der Waals surface area contributed by atoms with Gasteiger partial charge in [0.1, 0.15) is 0 Å². The van der Waals surface area contributed by atoms with Crippen LogP contribution in [-0.2, 0) is 4.79 Å². The molecule has 1 aliphatic rings. The molecule has 1 atom stereocenters. The molecule has 23 heavy (non-hydrogen) atoms. The number of hydrogen-bond donors (Lipinski definition) is 1. The molecule has 1 N–H and O–H groups in total. The number of nitrogens with one attached hydrogen (secondary N) is 1. The second-order valence-electron chi connectivity index (χ2n) is 6.51. The molecule has 5 heteroatoms. The Morgan fingerprint density at radius 1 is 1.13 bits per heavy atom. The number of benzene rings is 1. The van der Waals surface area contributed by atoms with Gasteiger partial charge in [0, 0.05) is 19.0 Å². The van der Waals surface area contributed by atoms with Crippen molar-refractivity contribution in [3.8, 4) is 0 Å². The van der Waals surface area contributed by atoms with E-state index in [1.807, 2.05) is 33.8 Å². The molecular formula is C18H24N2O3. The molecule has 1 aliphatic heterocycles. The Morgan fingerprint density at radius 3 is 2.43 bits per heavy atom. The quantitative estimate of drug-likeness (QED) is 0.820. The second-order valence-corrected chi connectivity index (χ2v) is 6.51. The molecule has 1 aromatic rings. The first-order valence-electron chi connectivity index (χ1n) is 8.07. The Labute approximate surface area is 137 Å². The first kappa shape index (κ1) is 17.2. The topological polar surface area (TPSA) is 66.5 Å². The molecule has 0 saturated carbocycles. The van der Waals surface area contributed by atoms with Crippen molar-refractivity contribution < 1.29 is 14.4 Å². The van der Waals surface area contributed by atoms with Crippen LogP contribution in [0.5, 0.6) is 0 Å². The molecule has 1 heterocycles. The largest absolute Gasteiger partial charge is 0.353 e. The van der Waals surface area contributed by atoms with Crippen LogP contribution in [0, 0.1) is 12.8 Å². The molecule has 0 radical (unpaired) electrons. The average molecular weight is 316 g/mol. The van der Waals surface area contributed by atoms with Gasteiger partial charge in [-0.25, -0.2) is 0 Å². The van der Waals surface area contributed by atoms with Gasteiger partial charge in [0.05, 0.1) is 11.1 Å². The highest BCUT2D eigenvalue weighted by atomic mass is 16.2. The molecule has 0 fully saturated rings. The van der Waals surface area contributed by atoms with Crippen molar-refractivity contribution in [2.24, 2.45) is 5.92 Å². The predicted octanol–water partition coefficient (Wildman–Crippen LogP) is 2.53. The van der Waals surface area contributed by atoms with E-state index in [2.05, 4.69) is 5.32 Å². The number of hydrogen-bond acceptors (Lipinski definition) is 3. The van der Waals surface area contributed by atoms with Crippen LogP contribution in [0.2, 0.25) is 0 Å². The molecule has 0 saturated heterocycles. The summed E-state index contributed by atoms with van der Waals surface area (Å²) in [4.78, 5) is 37.7. The number of nitrogens with zero attached hydrogens (tertiary/aromatic N) is 1. The van der Waals surface area contributed by atoms with Gasteiger partial charge in [0.25, 0.3) is 11.8 Å². The number of amides is 3. The zero-order valence-electron chi connectivity index (χ0n) is 14.2. The van der Waals surface area contributed by atoms with E-state index in [0.29, 0.717) is 29.9 Å². The highest BCUT2D eigenvalue weighted by molar-refractivity contribution is 6.21. The van der Waals surface area contributed by atoms with Crippen molar-refractivity contribution >= 4 is 17.7 Å².